The lowest BCUT2D eigenvalue weighted by Gasteiger charge is -2.18. The van der Waals surface area contributed by atoms with Gasteiger partial charge in [-0.2, -0.15) is 0 Å². The number of para-hydroxylation sites is 1. The third-order valence-electron chi connectivity index (χ3n) is 5.65. The number of aromatic nitrogens is 2. The zero-order valence-corrected chi connectivity index (χ0v) is 16.4. The Bertz CT molecular complexity index is 886. The summed E-state index contributed by atoms with van der Waals surface area (Å²) in [6.45, 7) is 4.81. The quantitative estimate of drug-likeness (QED) is 0.835. The van der Waals surface area contributed by atoms with Crippen LogP contribution < -0.4 is 15.2 Å². The van der Waals surface area contributed by atoms with Crippen LogP contribution in [0.3, 0.4) is 0 Å². The molecule has 2 aromatic rings. The van der Waals surface area contributed by atoms with Crippen LogP contribution in [-0.2, 0) is 0 Å². The Kier molecular flexibility index (Phi) is 5.76. The molecule has 1 aromatic carbocycles. The van der Waals surface area contributed by atoms with Crippen LogP contribution >= 0.6 is 0 Å². The minimum atomic E-state index is -0.0404. The Morgan fingerprint density at radius 2 is 2.07 bits per heavy atom. The number of likely N-dealkylation sites (tertiary alicyclic amines) is 1. The van der Waals surface area contributed by atoms with Gasteiger partial charge in [-0.25, -0.2) is 4.98 Å². The van der Waals surface area contributed by atoms with Crippen molar-refractivity contribution < 1.29 is 4.74 Å². The van der Waals surface area contributed by atoms with E-state index in [0.29, 0.717) is 5.92 Å². The molecule has 1 N–H and O–H groups in total. The predicted molar refractivity (Wildman–Crippen MR) is 112 cm³/mol. The number of H-pyrrole nitrogens is 1. The van der Waals surface area contributed by atoms with Crippen LogP contribution in [0.4, 0.5) is 5.95 Å². The fourth-order valence-electron chi connectivity index (χ4n) is 4.12. The highest BCUT2D eigenvalue weighted by Gasteiger charge is 2.26. The Hall–Kier alpha value is -2.60. The summed E-state index contributed by atoms with van der Waals surface area (Å²) in [5, 5.41) is 0. The van der Waals surface area contributed by atoms with E-state index < -0.39 is 0 Å². The van der Waals surface area contributed by atoms with E-state index in [1.807, 2.05) is 18.2 Å². The highest BCUT2D eigenvalue weighted by Crippen LogP contribution is 2.26. The maximum Gasteiger partial charge on any atom is 0.252 e. The van der Waals surface area contributed by atoms with Gasteiger partial charge in [-0.15, -0.1) is 0 Å². The molecule has 1 aromatic heterocycles. The summed E-state index contributed by atoms with van der Waals surface area (Å²) in [5.41, 5.74) is 1.98. The summed E-state index contributed by atoms with van der Waals surface area (Å²) in [5.74, 6) is 1.96. The van der Waals surface area contributed by atoms with Crippen LogP contribution in [0.5, 0.6) is 5.75 Å². The lowest BCUT2D eigenvalue weighted by atomic mass is 10.1. The van der Waals surface area contributed by atoms with Crippen molar-refractivity contribution in [1.82, 2.24) is 14.9 Å². The number of aromatic amines is 1. The van der Waals surface area contributed by atoms with Gasteiger partial charge in [0.15, 0.2) is 0 Å². The first-order valence-corrected chi connectivity index (χ1v) is 10.1. The van der Waals surface area contributed by atoms with E-state index in [2.05, 4.69) is 33.0 Å². The van der Waals surface area contributed by atoms with E-state index >= 15 is 0 Å². The molecule has 4 rings (SSSR count). The van der Waals surface area contributed by atoms with Gasteiger partial charge in [0.1, 0.15) is 5.75 Å². The van der Waals surface area contributed by atoms with E-state index in [-0.39, 0.29) is 5.56 Å². The van der Waals surface area contributed by atoms with Crippen LogP contribution in [0, 0.1) is 0 Å². The molecule has 28 heavy (non-hydrogen) atoms. The topological polar surface area (TPSA) is 61.5 Å². The predicted octanol–water partition coefficient (Wildman–Crippen LogP) is 2.88. The lowest BCUT2D eigenvalue weighted by Crippen LogP contribution is -2.25. The molecule has 2 aliphatic heterocycles. The minimum absolute atomic E-state index is 0.0404. The first-order chi connectivity index (χ1) is 13.7. The summed E-state index contributed by atoms with van der Waals surface area (Å²) in [6.07, 6.45) is 7.68. The number of benzene rings is 1. The van der Waals surface area contributed by atoms with Gasteiger partial charge in [0.05, 0.1) is 12.8 Å². The van der Waals surface area contributed by atoms with Gasteiger partial charge < -0.3 is 9.64 Å². The second kappa shape index (κ2) is 8.61. The molecule has 0 aliphatic carbocycles. The molecule has 2 aliphatic rings. The molecule has 1 atom stereocenters. The van der Waals surface area contributed by atoms with Gasteiger partial charge in [-0.1, -0.05) is 30.4 Å². The van der Waals surface area contributed by atoms with Crippen LogP contribution in [0.2, 0.25) is 0 Å². The van der Waals surface area contributed by atoms with Crippen molar-refractivity contribution in [3.63, 3.8) is 0 Å². The third kappa shape index (κ3) is 4.28. The van der Waals surface area contributed by atoms with Crippen molar-refractivity contribution >= 4 is 12.0 Å². The standard InChI is InChI=1S/C22H28N4O2/c1-28-20-9-3-2-7-17(20)8-6-11-25-14-10-18(16-25)19-15-21(27)24-22(23-19)26-12-4-5-13-26/h2-3,6-9,15,18H,4-5,10-14,16H2,1H3,(H,23,24,27)/b8-6-/t18-/m1/s1. The summed E-state index contributed by atoms with van der Waals surface area (Å²) < 4.78 is 5.40. The number of nitrogens with one attached hydrogen (secondary N) is 1. The molecule has 3 heterocycles. The van der Waals surface area contributed by atoms with Crippen molar-refractivity contribution in [2.45, 2.75) is 25.2 Å². The average Bonchev–Trinajstić information content (AvgIpc) is 3.40. The van der Waals surface area contributed by atoms with Crippen LogP contribution in [0.1, 0.15) is 36.4 Å². The number of hydrogen-bond acceptors (Lipinski definition) is 5. The molecule has 2 fully saturated rings. The highest BCUT2D eigenvalue weighted by atomic mass is 16.5. The molecular weight excluding hydrogens is 352 g/mol. The molecule has 0 amide bonds. The van der Waals surface area contributed by atoms with Crippen molar-refractivity contribution in [1.29, 1.82) is 0 Å². The van der Waals surface area contributed by atoms with E-state index in [9.17, 15) is 4.79 Å². The van der Waals surface area contributed by atoms with Gasteiger partial charge in [0, 0.05) is 43.7 Å². The first-order valence-electron chi connectivity index (χ1n) is 10.1. The summed E-state index contributed by atoms with van der Waals surface area (Å²) >= 11 is 0. The number of rotatable bonds is 6. The molecule has 0 spiro atoms. The van der Waals surface area contributed by atoms with Crippen molar-refractivity contribution in [3.05, 3.63) is 58.0 Å². The Labute approximate surface area is 165 Å². The van der Waals surface area contributed by atoms with Crippen molar-refractivity contribution in [2.24, 2.45) is 0 Å². The van der Waals surface area contributed by atoms with Crippen LogP contribution in [0.25, 0.3) is 6.08 Å². The zero-order valence-electron chi connectivity index (χ0n) is 16.4. The molecule has 2 saturated heterocycles. The number of nitrogens with zero attached hydrogens (tertiary/aromatic N) is 3. The normalized spacial score (nSPS) is 20.3. The van der Waals surface area contributed by atoms with E-state index in [1.165, 1.54) is 12.8 Å². The van der Waals surface area contributed by atoms with E-state index in [1.54, 1.807) is 13.2 Å². The highest BCUT2D eigenvalue weighted by molar-refractivity contribution is 5.57. The van der Waals surface area contributed by atoms with Crippen LogP contribution in [-0.4, -0.2) is 54.7 Å². The Morgan fingerprint density at radius 1 is 1.25 bits per heavy atom. The molecule has 0 radical (unpaired) electrons. The lowest BCUT2D eigenvalue weighted by molar-refractivity contribution is 0.371. The van der Waals surface area contributed by atoms with Crippen molar-refractivity contribution in [3.8, 4) is 5.75 Å². The van der Waals surface area contributed by atoms with E-state index in [4.69, 9.17) is 9.72 Å². The largest absolute Gasteiger partial charge is 0.496 e. The van der Waals surface area contributed by atoms with Gasteiger partial charge in [-0.05, 0) is 31.9 Å². The van der Waals surface area contributed by atoms with Crippen LogP contribution in [0.15, 0.2) is 41.2 Å². The monoisotopic (exact) mass is 380 g/mol. The average molecular weight is 380 g/mol. The third-order valence-corrected chi connectivity index (χ3v) is 5.65. The fraction of sp³-hybridized carbons (Fsp3) is 0.455. The fourth-order valence-corrected chi connectivity index (χ4v) is 4.12. The van der Waals surface area contributed by atoms with E-state index in [0.717, 1.165) is 62.1 Å². The number of anilines is 1. The number of hydrogen-bond donors (Lipinski definition) is 1. The molecule has 0 saturated carbocycles. The van der Waals surface area contributed by atoms with Crippen molar-refractivity contribution in [2.75, 3.05) is 44.7 Å². The second-order valence-corrected chi connectivity index (χ2v) is 7.58. The molecular formula is C22H28N4O2. The minimum Gasteiger partial charge on any atom is -0.496 e. The molecule has 148 valence electrons. The Morgan fingerprint density at radius 3 is 2.89 bits per heavy atom. The summed E-state index contributed by atoms with van der Waals surface area (Å²) in [4.78, 5) is 24.4. The number of ether oxygens (including phenoxy) is 1. The first kappa shape index (κ1) is 18.7. The molecule has 0 unspecified atom stereocenters. The van der Waals surface area contributed by atoms with Gasteiger partial charge >= 0.3 is 0 Å². The summed E-state index contributed by atoms with van der Waals surface area (Å²) in [6, 6.07) is 9.71. The maximum atomic E-state index is 12.1. The zero-order chi connectivity index (χ0) is 19.3. The second-order valence-electron chi connectivity index (χ2n) is 7.58. The smallest absolute Gasteiger partial charge is 0.252 e. The molecule has 0 bridgehead atoms. The number of methoxy groups -OCH3 is 1. The van der Waals surface area contributed by atoms with Gasteiger partial charge in [0.2, 0.25) is 5.95 Å². The van der Waals surface area contributed by atoms with Gasteiger partial charge in [-0.3, -0.25) is 14.7 Å². The maximum absolute atomic E-state index is 12.1. The Balaban J connectivity index is 1.39. The summed E-state index contributed by atoms with van der Waals surface area (Å²) in [7, 11) is 1.70. The molecule has 6 nitrogen and oxygen atoms in total. The molecule has 6 heteroatoms. The van der Waals surface area contributed by atoms with Gasteiger partial charge in [0.25, 0.3) is 5.56 Å². The SMILES string of the molecule is COc1ccccc1/C=C\CN1CC[C@@H](c2cc(=O)[nH]c(N3CCCC3)n2)C1.